The van der Waals surface area contributed by atoms with E-state index in [1.165, 1.54) is 4.57 Å². The fourth-order valence-electron chi connectivity index (χ4n) is 5.46. The van der Waals surface area contributed by atoms with Crippen molar-refractivity contribution in [1.82, 2.24) is 9.55 Å². The summed E-state index contributed by atoms with van der Waals surface area (Å²) in [6, 6.07) is 1.64. The molecule has 7 rings (SSSR count). The second-order valence-corrected chi connectivity index (χ2v) is 9.05. The van der Waals surface area contributed by atoms with Crippen LogP contribution >= 0.6 is 0 Å². The Morgan fingerprint density at radius 1 is 1.18 bits per heavy atom. The van der Waals surface area contributed by atoms with Crippen LogP contribution in [0.4, 0.5) is 8.78 Å². The number of ether oxygens (including phenoxy) is 2. The van der Waals surface area contributed by atoms with Gasteiger partial charge in [-0.2, -0.15) is 8.78 Å². The minimum absolute atomic E-state index is 0.118. The van der Waals surface area contributed by atoms with Crippen molar-refractivity contribution in [3.8, 4) is 22.9 Å². The third-order valence-electron chi connectivity index (χ3n) is 7.07. The Bertz CT molecular complexity index is 1490. The Labute approximate surface area is 186 Å². The maximum Gasteiger partial charge on any atom is 0.255 e. The number of carbonyl (C=O) groups is 1. The molecule has 0 radical (unpaired) electrons. The van der Waals surface area contributed by atoms with Crippen LogP contribution in [-0.4, -0.2) is 27.2 Å². The number of benzene rings is 1. The zero-order valence-electron chi connectivity index (χ0n) is 18.2. The first kappa shape index (κ1) is 20.3. The molecule has 5 heterocycles. The molecule has 170 valence electrons. The van der Waals surface area contributed by atoms with Gasteiger partial charge in [0.15, 0.2) is 17.3 Å². The van der Waals surface area contributed by atoms with Crippen LogP contribution in [0.25, 0.3) is 22.3 Å². The van der Waals surface area contributed by atoms with E-state index in [0.29, 0.717) is 33.5 Å². The summed E-state index contributed by atoms with van der Waals surface area (Å²) in [5.41, 5.74) is 0.850. The van der Waals surface area contributed by atoms with Gasteiger partial charge in [0.2, 0.25) is 18.4 Å². The lowest BCUT2D eigenvalue weighted by Gasteiger charge is -2.20. The van der Waals surface area contributed by atoms with E-state index in [4.69, 9.17) is 9.47 Å². The van der Waals surface area contributed by atoms with Gasteiger partial charge in [0.05, 0.1) is 23.3 Å². The number of rotatable bonds is 2. The van der Waals surface area contributed by atoms with Crippen LogP contribution in [0.2, 0.25) is 0 Å². The van der Waals surface area contributed by atoms with E-state index < -0.39 is 23.0 Å². The van der Waals surface area contributed by atoms with Crippen LogP contribution in [0.15, 0.2) is 10.9 Å². The second-order valence-electron chi connectivity index (χ2n) is 9.05. The lowest BCUT2D eigenvalue weighted by Crippen LogP contribution is -2.31. The number of fused-ring (bicyclic) bond motifs is 7. The van der Waals surface area contributed by atoms with E-state index >= 15 is 0 Å². The zero-order chi connectivity index (χ0) is 23.4. The van der Waals surface area contributed by atoms with Crippen molar-refractivity contribution in [3.05, 3.63) is 50.3 Å². The molecule has 1 aliphatic carbocycles. The average Bonchev–Trinajstić information content (AvgIpc) is 3.13. The first-order valence-electron chi connectivity index (χ1n) is 10.8. The zero-order valence-corrected chi connectivity index (χ0v) is 18.2. The van der Waals surface area contributed by atoms with Crippen LogP contribution in [0, 0.1) is 11.6 Å². The van der Waals surface area contributed by atoms with Crippen molar-refractivity contribution in [3.63, 3.8) is 0 Å². The summed E-state index contributed by atoms with van der Waals surface area (Å²) in [5.74, 6) is -3.43. The number of hydrogen-bond acceptors (Lipinski definition) is 6. The van der Waals surface area contributed by atoms with Crippen LogP contribution in [0.5, 0.6) is 11.5 Å². The lowest BCUT2D eigenvalue weighted by molar-refractivity contribution is -0.136. The van der Waals surface area contributed by atoms with E-state index in [-0.39, 0.29) is 60.2 Å². The Morgan fingerprint density at radius 3 is 2.58 bits per heavy atom. The summed E-state index contributed by atoms with van der Waals surface area (Å²) in [6.45, 7) is 5.34. The SMILES string of the molecule is CCC1(O)C(=O)Cc2c1cc1n(c2=O)Cc2c-1nc1c3c(F)c(F)c(c1c2C(C)C)OCO3. The minimum atomic E-state index is -1.72. The standard InChI is InChI=1S/C24H20F2N2O5/c1-4-24(31)12-6-13-19-11(7-28(13)23(30)10(12)5-14(24)29)15(9(2)3)16-20(27-19)22-18(26)17(25)21(16)32-8-33-22/h6,9,31H,4-5,7-8H2,1-3H3. The summed E-state index contributed by atoms with van der Waals surface area (Å²) in [5, 5.41) is 11.3. The van der Waals surface area contributed by atoms with Gasteiger partial charge in [0.1, 0.15) is 11.1 Å². The number of aliphatic hydroxyl groups is 1. The van der Waals surface area contributed by atoms with Gasteiger partial charge in [0.25, 0.3) is 5.56 Å². The predicted octanol–water partition coefficient (Wildman–Crippen LogP) is 3.28. The molecule has 1 unspecified atom stereocenters. The van der Waals surface area contributed by atoms with Crippen molar-refractivity contribution in [2.45, 2.75) is 51.7 Å². The molecule has 4 aliphatic rings. The first-order valence-corrected chi connectivity index (χ1v) is 10.8. The first-order chi connectivity index (χ1) is 15.7. The Morgan fingerprint density at radius 2 is 1.88 bits per heavy atom. The molecule has 1 N–H and O–H groups in total. The van der Waals surface area contributed by atoms with Crippen LogP contribution in [-0.2, 0) is 23.4 Å². The number of aromatic nitrogens is 2. The molecule has 0 saturated carbocycles. The van der Waals surface area contributed by atoms with E-state index in [1.807, 2.05) is 13.8 Å². The van der Waals surface area contributed by atoms with E-state index in [9.17, 15) is 23.5 Å². The third-order valence-corrected chi connectivity index (χ3v) is 7.07. The number of pyridine rings is 2. The third kappa shape index (κ3) is 2.32. The summed E-state index contributed by atoms with van der Waals surface area (Å²) in [7, 11) is 0. The summed E-state index contributed by atoms with van der Waals surface area (Å²) in [6.07, 6.45) is 0.00806. The normalized spacial score (nSPS) is 20.0. The van der Waals surface area contributed by atoms with E-state index in [0.717, 1.165) is 0 Å². The molecule has 2 aromatic heterocycles. The molecule has 3 aromatic rings. The number of hydrogen-bond donors (Lipinski definition) is 1. The second kappa shape index (κ2) is 6.38. The van der Waals surface area contributed by atoms with Gasteiger partial charge < -0.3 is 19.1 Å². The van der Waals surface area contributed by atoms with Crippen molar-refractivity contribution in [2.24, 2.45) is 0 Å². The van der Waals surface area contributed by atoms with Gasteiger partial charge >= 0.3 is 0 Å². The molecule has 1 atom stereocenters. The van der Waals surface area contributed by atoms with E-state index in [1.54, 1.807) is 13.0 Å². The molecule has 0 amide bonds. The van der Waals surface area contributed by atoms with E-state index in [2.05, 4.69) is 4.98 Å². The van der Waals surface area contributed by atoms with Crippen molar-refractivity contribution in [2.75, 3.05) is 6.79 Å². The summed E-state index contributed by atoms with van der Waals surface area (Å²) < 4.78 is 41.7. The van der Waals surface area contributed by atoms with Gasteiger partial charge in [-0.05, 0) is 24.0 Å². The highest BCUT2D eigenvalue weighted by atomic mass is 19.2. The Hall–Kier alpha value is -3.33. The minimum Gasteiger partial charge on any atom is -0.454 e. The van der Waals surface area contributed by atoms with Gasteiger partial charge in [-0.3, -0.25) is 9.59 Å². The number of nitrogens with zero attached hydrogens (tertiary/aromatic N) is 2. The van der Waals surface area contributed by atoms with Gasteiger partial charge in [0, 0.05) is 23.1 Å². The Kier molecular flexibility index (Phi) is 3.92. The molecule has 0 saturated heterocycles. The van der Waals surface area contributed by atoms with Crippen LogP contribution in [0.1, 0.15) is 55.4 Å². The molecule has 9 heteroatoms. The highest BCUT2D eigenvalue weighted by Gasteiger charge is 2.46. The molecule has 0 fully saturated rings. The van der Waals surface area contributed by atoms with Crippen molar-refractivity contribution < 1.29 is 28.2 Å². The highest BCUT2D eigenvalue weighted by Crippen LogP contribution is 2.48. The topological polar surface area (TPSA) is 90.7 Å². The Balaban J connectivity index is 1.74. The summed E-state index contributed by atoms with van der Waals surface area (Å²) >= 11 is 0. The van der Waals surface area contributed by atoms with Crippen molar-refractivity contribution >= 4 is 16.7 Å². The molecular formula is C24H20F2N2O5. The molecule has 0 spiro atoms. The summed E-state index contributed by atoms with van der Waals surface area (Å²) in [4.78, 5) is 30.5. The fraction of sp³-hybridized carbons (Fsp3) is 0.375. The molecule has 1 aromatic carbocycles. The van der Waals surface area contributed by atoms with Crippen LogP contribution < -0.4 is 15.0 Å². The smallest absolute Gasteiger partial charge is 0.255 e. The van der Waals surface area contributed by atoms with Crippen molar-refractivity contribution in [1.29, 1.82) is 0 Å². The maximum absolute atomic E-state index is 14.8. The maximum atomic E-state index is 14.8. The quantitative estimate of drug-likeness (QED) is 0.500. The molecular weight excluding hydrogens is 434 g/mol. The number of ketones is 1. The largest absolute Gasteiger partial charge is 0.454 e. The average molecular weight is 454 g/mol. The molecule has 3 aliphatic heterocycles. The van der Waals surface area contributed by atoms with Gasteiger partial charge in [-0.1, -0.05) is 20.8 Å². The lowest BCUT2D eigenvalue weighted by atomic mass is 9.90. The molecule has 7 nitrogen and oxygen atoms in total. The number of halogens is 2. The monoisotopic (exact) mass is 454 g/mol. The van der Waals surface area contributed by atoms with Gasteiger partial charge in [-0.25, -0.2) is 4.98 Å². The molecule has 2 bridgehead atoms. The number of Topliss-reactive ketones (excluding diaryl/α,β-unsaturated/α-hetero) is 1. The predicted molar refractivity (Wildman–Crippen MR) is 114 cm³/mol. The molecule has 33 heavy (non-hydrogen) atoms. The fourth-order valence-corrected chi connectivity index (χ4v) is 5.46. The highest BCUT2D eigenvalue weighted by molar-refractivity contribution is 5.98. The van der Waals surface area contributed by atoms with Gasteiger partial charge in [-0.15, -0.1) is 0 Å². The number of carbonyl (C=O) groups excluding carboxylic acids is 1. The van der Waals surface area contributed by atoms with Crippen LogP contribution in [0.3, 0.4) is 0 Å².